The van der Waals surface area contributed by atoms with Gasteiger partial charge in [0.1, 0.15) is 11.6 Å². The summed E-state index contributed by atoms with van der Waals surface area (Å²) in [7, 11) is 0. The first-order valence-electron chi connectivity index (χ1n) is 6.45. The number of alkyl halides is 3. The highest BCUT2D eigenvalue weighted by atomic mass is 19.4. The highest BCUT2D eigenvalue weighted by Gasteiger charge is 2.49. The largest absolute Gasteiger partial charge is 0.480 e. The number of furan rings is 1. The minimum absolute atomic E-state index is 0.108. The molecule has 1 heterocycles. The van der Waals surface area contributed by atoms with Crippen molar-refractivity contribution in [3.8, 4) is 0 Å². The zero-order chi connectivity index (χ0) is 14.8. The van der Waals surface area contributed by atoms with E-state index in [1.807, 2.05) is 0 Å². The predicted octanol–water partition coefficient (Wildman–Crippen LogP) is 3.26. The Kier molecular flexibility index (Phi) is 4.08. The number of carbonyl (C=O) groups is 1. The van der Waals surface area contributed by atoms with Crippen LogP contribution in [0, 0.1) is 0 Å². The van der Waals surface area contributed by atoms with Crippen LogP contribution >= 0.6 is 0 Å². The molecule has 1 atom stereocenters. The number of rotatable bonds is 4. The van der Waals surface area contributed by atoms with Gasteiger partial charge in [0, 0.05) is 5.56 Å². The maximum Gasteiger partial charge on any atom is 0.408 e. The van der Waals surface area contributed by atoms with Crippen LogP contribution in [0.5, 0.6) is 0 Å². The van der Waals surface area contributed by atoms with Crippen molar-refractivity contribution in [3.63, 3.8) is 0 Å². The molecule has 0 bridgehead atoms. The second-order valence-electron chi connectivity index (χ2n) is 5.12. The number of hydrogen-bond donors (Lipinski definition) is 2. The third-order valence-electron chi connectivity index (χ3n) is 3.74. The molecule has 7 heteroatoms. The molecule has 4 nitrogen and oxygen atoms in total. The number of carboxylic acids is 1. The van der Waals surface area contributed by atoms with Gasteiger partial charge >= 0.3 is 12.1 Å². The Labute approximate surface area is 114 Å². The van der Waals surface area contributed by atoms with Gasteiger partial charge in [-0.3, -0.25) is 10.1 Å². The molecule has 20 heavy (non-hydrogen) atoms. The summed E-state index contributed by atoms with van der Waals surface area (Å²) in [6.45, 7) is 0. The molecule has 0 aromatic carbocycles. The summed E-state index contributed by atoms with van der Waals surface area (Å²) in [4.78, 5) is 11.5. The van der Waals surface area contributed by atoms with Gasteiger partial charge in [0.15, 0.2) is 0 Å². The summed E-state index contributed by atoms with van der Waals surface area (Å²) < 4.78 is 44.2. The van der Waals surface area contributed by atoms with Crippen molar-refractivity contribution in [3.05, 3.63) is 24.2 Å². The number of hydrogen-bond acceptors (Lipinski definition) is 3. The lowest BCUT2D eigenvalue weighted by molar-refractivity contribution is -0.170. The van der Waals surface area contributed by atoms with Crippen LogP contribution in [0.4, 0.5) is 13.2 Å². The molecule has 0 radical (unpaired) electrons. The van der Waals surface area contributed by atoms with E-state index in [1.165, 1.54) is 6.07 Å². The topological polar surface area (TPSA) is 62.5 Å². The van der Waals surface area contributed by atoms with Crippen molar-refractivity contribution >= 4 is 5.97 Å². The summed E-state index contributed by atoms with van der Waals surface area (Å²) in [6.07, 6.45) is 0.0144. The van der Waals surface area contributed by atoms with Gasteiger partial charge in [-0.1, -0.05) is 19.3 Å². The highest BCUT2D eigenvalue weighted by molar-refractivity contribution is 5.79. The third-order valence-corrected chi connectivity index (χ3v) is 3.74. The molecular formula is C13H16F3NO3. The van der Waals surface area contributed by atoms with E-state index < -0.39 is 23.7 Å². The summed E-state index contributed by atoms with van der Waals surface area (Å²) in [5.74, 6) is -1.23. The van der Waals surface area contributed by atoms with Crippen LogP contribution < -0.4 is 5.32 Å². The quantitative estimate of drug-likeness (QED) is 0.893. The molecule has 0 saturated heterocycles. The molecule has 1 unspecified atom stereocenters. The fourth-order valence-electron chi connectivity index (χ4n) is 2.64. The second-order valence-corrected chi connectivity index (χ2v) is 5.12. The van der Waals surface area contributed by atoms with E-state index in [2.05, 4.69) is 9.73 Å². The van der Waals surface area contributed by atoms with Crippen molar-refractivity contribution in [2.75, 3.05) is 0 Å². The third kappa shape index (κ3) is 2.98. The highest BCUT2D eigenvalue weighted by Crippen LogP contribution is 2.38. The Morgan fingerprint density at radius 1 is 1.35 bits per heavy atom. The monoisotopic (exact) mass is 291 g/mol. The van der Waals surface area contributed by atoms with Gasteiger partial charge in [-0.25, -0.2) is 0 Å². The van der Waals surface area contributed by atoms with E-state index in [9.17, 15) is 23.1 Å². The first kappa shape index (κ1) is 14.9. The first-order chi connectivity index (χ1) is 9.35. The predicted molar refractivity (Wildman–Crippen MR) is 64.1 cm³/mol. The normalized spacial score (nSPS) is 20.6. The van der Waals surface area contributed by atoms with Crippen LogP contribution in [-0.4, -0.2) is 22.8 Å². The van der Waals surface area contributed by atoms with E-state index in [0.29, 0.717) is 12.8 Å². The van der Waals surface area contributed by atoms with Crippen molar-refractivity contribution in [2.24, 2.45) is 0 Å². The lowest BCUT2D eigenvalue weighted by Crippen LogP contribution is -2.56. The summed E-state index contributed by atoms with van der Waals surface area (Å²) in [6, 6.07) is -0.834. The molecular weight excluding hydrogens is 275 g/mol. The Morgan fingerprint density at radius 2 is 2.00 bits per heavy atom. The molecule has 0 spiro atoms. The van der Waals surface area contributed by atoms with Crippen LogP contribution in [-0.2, 0) is 4.79 Å². The van der Waals surface area contributed by atoms with E-state index in [-0.39, 0.29) is 18.4 Å². The molecule has 0 aliphatic heterocycles. The molecule has 2 N–H and O–H groups in total. The van der Waals surface area contributed by atoms with Crippen molar-refractivity contribution in [1.82, 2.24) is 5.32 Å². The molecule has 2 rings (SSSR count). The summed E-state index contributed by atoms with van der Waals surface area (Å²) in [5.41, 5.74) is -1.63. The van der Waals surface area contributed by atoms with E-state index in [4.69, 9.17) is 0 Å². The van der Waals surface area contributed by atoms with Gasteiger partial charge < -0.3 is 9.52 Å². The molecule has 1 aliphatic rings. The average molecular weight is 291 g/mol. The SMILES string of the molecule is O=C(O)C1(NC(c2ccoc2)C(F)(F)F)CCCCC1. The molecule has 1 aliphatic carbocycles. The van der Waals surface area contributed by atoms with E-state index in [0.717, 1.165) is 18.9 Å². The minimum Gasteiger partial charge on any atom is -0.480 e. The Bertz CT molecular complexity index is 450. The van der Waals surface area contributed by atoms with Gasteiger partial charge in [0.05, 0.1) is 12.5 Å². The molecule has 1 fully saturated rings. The van der Waals surface area contributed by atoms with Gasteiger partial charge in [-0.05, 0) is 18.9 Å². The minimum atomic E-state index is -4.58. The Hall–Kier alpha value is -1.50. The van der Waals surface area contributed by atoms with Crippen LogP contribution in [0.25, 0.3) is 0 Å². The molecule has 0 amide bonds. The van der Waals surface area contributed by atoms with Gasteiger partial charge in [-0.2, -0.15) is 13.2 Å². The Morgan fingerprint density at radius 3 is 2.45 bits per heavy atom. The zero-order valence-corrected chi connectivity index (χ0v) is 10.7. The maximum atomic E-state index is 13.2. The zero-order valence-electron chi connectivity index (χ0n) is 10.7. The lowest BCUT2D eigenvalue weighted by atomic mass is 9.80. The van der Waals surface area contributed by atoms with Crippen LogP contribution in [0.15, 0.2) is 23.0 Å². The van der Waals surface area contributed by atoms with Crippen molar-refractivity contribution in [1.29, 1.82) is 0 Å². The summed E-state index contributed by atoms with van der Waals surface area (Å²) >= 11 is 0. The smallest absolute Gasteiger partial charge is 0.408 e. The average Bonchev–Trinajstić information content (AvgIpc) is 2.89. The van der Waals surface area contributed by atoms with Gasteiger partial charge in [-0.15, -0.1) is 0 Å². The van der Waals surface area contributed by atoms with Crippen LogP contribution in [0.3, 0.4) is 0 Å². The molecule has 112 valence electrons. The standard InChI is InChI=1S/C13H16F3NO3/c14-13(15,16)10(9-4-7-20-8-9)17-12(11(18)19)5-2-1-3-6-12/h4,7-8,10,17H,1-3,5-6H2,(H,18,19). The maximum absolute atomic E-state index is 13.2. The number of halogens is 3. The van der Waals surface area contributed by atoms with Gasteiger partial charge in [0.25, 0.3) is 0 Å². The van der Waals surface area contributed by atoms with E-state index in [1.54, 1.807) is 0 Å². The van der Waals surface area contributed by atoms with Crippen molar-refractivity contribution < 1.29 is 27.5 Å². The number of aliphatic carboxylic acids is 1. The van der Waals surface area contributed by atoms with Crippen LogP contribution in [0.2, 0.25) is 0 Å². The number of carboxylic acid groups (broad SMARTS) is 1. The molecule has 1 aromatic heterocycles. The molecule has 1 saturated carbocycles. The second kappa shape index (κ2) is 5.47. The van der Waals surface area contributed by atoms with Crippen LogP contribution in [0.1, 0.15) is 43.7 Å². The summed E-state index contributed by atoms with van der Waals surface area (Å²) in [5, 5.41) is 11.7. The van der Waals surface area contributed by atoms with E-state index >= 15 is 0 Å². The fourth-order valence-corrected chi connectivity index (χ4v) is 2.64. The first-order valence-corrected chi connectivity index (χ1v) is 6.45. The molecule has 1 aromatic rings. The van der Waals surface area contributed by atoms with Gasteiger partial charge in [0.2, 0.25) is 0 Å². The lowest BCUT2D eigenvalue weighted by Gasteiger charge is -2.37. The fraction of sp³-hybridized carbons (Fsp3) is 0.615. The van der Waals surface area contributed by atoms with Crippen molar-refractivity contribution in [2.45, 2.75) is 49.9 Å². The Balaban J connectivity index is 2.28. The number of nitrogens with one attached hydrogen (secondary N) is 1.